The van der Waals surface area contributed by atoms with E-state index >= 15 is 0 Å². The van der Waals surface area contributed by atoms with Gasteiger partial charge in [0.15, 0.2) is 0 Å². The van der Waals surface area contributed by atoms with Crippen LogP contribution in [0.4, 0.5) is 0 Å². The minimum Gasteiger partial charge on any atom is -0.479 e. The summed E-state index contributed by atoms with van der Waals surface area (Å²) >= 11 is 0. The summed E-state index contributed by atoms with van der Waals surface area (Å²) in [6.07, 6.45) is -0.0421. The van der Waals surface area contributed by atoms with E-state index in [0.717, 1.165) is 6.42 Å². The first-order chi connectivity index (χ1) is 8.63. The van der Waals surface area contributed by atoms with Crippen molar-refractivity contribution in [2.75, 3.05) is 33.0 Å². The third kappa shape index (κ3) is 7.99. The van der Waals surface area contributed by atoms with Gasteiger partial charge in [-0.3, -0.25) is 0 Å². The van der Waals surface area contributed by atoms with Gasteiger partial charge in [-0.15, -0.1) is 0 Å². The van der Waals surface area contributed by atoms with Crippen molar-refractivity contribution in [3.8, 4) is 0 Å². The highest BCUT2D eigenvalue weighted by atomic mass is 16.6. The fourth-order valence-corrected chi connectivity index (χ4v) is 1.04. The lowest BCUT2D eigenvalue weighted by atomic mass is 10.3. The Balaban J connectivity index is 3.90. The first kappa shape index (κ1) is 16.8. The minimum absolute atomic E-state index is 0.000154. The van der Waals surface area contributed by atoms with E-state index in [4.69, 9.17) is 25.1 Å². The van der Waals surface area contributed by atoms with Crippen LogP contribution in [0, 0.1) is 0 Å². The zero-order chi connectivity index (χ0) is 13.8. The van der Waals surface area contributed by atoms with Crippen LogP contribution in [0.5, 0.6) is 0 Å². The van der Waals surface area contributed by atoms with Crippen LogP contribution in [-0.4, -0.2) is 56.1 Å². The van der Waals surface area contributed by atoms with Gasteiger partial charge in [-0.2, -0.15) is 0 Å². The molecule has 7 nitrogen and oxygen atoms in total. The summed E-state index contributed by atoms with van der Waals surface area (Å²) in [4.78, 5) is 22.2. The molecule has 0 saturated heterocycles. The van der Waals surface area contributed by atoms with E-state index in [-0.39, 0.29) is 19.8 Å². The van der Waals surface area contributed by atoms with Gasteiger partial charge in [0.2, 0.25) is 0 Å². The summed E-state index contributed by atoms with van der Waals surface area (Å²) in [6.45, 7) is 3.06. The van der Waals surface area contributed by atoms with Crippen LogP contribution in [0.25, 0.3) is 0 Å². The van der Waals surface area contributed by atoms with Gasteiger partial charge in [-0.05, 0) is 6.42 Å². The molecule has 0 aromatic carbocycles. The maximum Gasteiger partial charge on any atom is 0.347 e. The van der Waals surface area contributed by atoms with Crippen molar-refractivity contribution in [1.82, 2.24) is 0 Å². The number of carbonyl (C=O) groups excluding carboxylic acids is 1. The number of carbonyl (C=O) groups is 2. The topological polar surface area (TPSA) is 108 Å². The van der Waals surface area contributed by atoms with Gasteiger partial charge in [0, 0.05) is 6.54 Å². The van der Waals surface area contributed by atoms with E-state index in [0.29, 0.717) is 19.6 Å². The smallest absolute Gasteiger partial charge is 0.347 e. The molecule has 1 atom stereocenters. The highest BCUT2D eigenvalue weighted by Crippen LogP contribution is 1.99. The fraction of sp³-hybridized carbons (Fsp3) is 0.818. The lowest BCUT2D eigenvalue weighted by Gasteiger charge is -2.13. The molecular weight excluding hydrogens is 242 g/mol. The average Bonchev–Trinajstić information content (AvgIpc) is 2.33. The lowest BCUT2D eigenvalue weighted by Crippen LogP contribution is -2.35. The molecule has 18 heavy (non-hydrogen) atoms. The SMILES string of the molecule is CCCCOC(=O)C(OCCOCCN)C(=O)O. The van der Waals surface area contributed by atoms with E-state index in [2.05, 4.69) is 0 Å². The van der Waals surface area contributed by atoms with E-state index in [1.807, 2.05) is 6.92 Å². The first-order valence-corrected chi connectivity index (χ1v) is 5.92. The summed E-state index contributed by atoms with van der Waals surface area (Å²) in [6, 6.07) is 0. The maximum atomic E-state index is 11.4. The van der Waals surface area contributed by atoms with Crippen molar-refractivity contribution < 1.29 is 28.9 Å². The average molecular weight is 263 g/mol. The Morgan fingerprint density at radius 1 is 1.22 bits per heavy atom. The van der Waals surface area contributed by atoms with Gasteiger partial charge in [0.1, 0.15) is 0 Å². The van der Waals surface area contributed by atoms with Crippen molar-refractivity contribution >= 4 is 11.9 Å². The maximum absolute atomic E-state index is 11.4. The van der Waals surface area contributed by atoms with Gasteiger partial charge < -0.3 is 25.1 Å². The molecule has 0 heterocycles. The molecule has 0 aromatic heterocycles. The van der Waals surface area contributed by atoms with E-state index in [9.17, 15) is 9.59 Å². The van der Waals surface area contributed by atoms with Gasteiger partial charge in [-0.1, -0.05) is 13.3 Å². The van der Waals surface area contributed by atoms with Crippen LogP contribution in [0.1, 0.15) is 19.8 Å². The Bertz CT molecular complexity index is 246. The number of ether oxygens (including phenoxy) is 3. The molecule has 0 radical (unpaired) electrons. The van der Waals surface area contributed by atoms with Crippen LogP contribution in [0.15, 0.2) is 0 Å². The number of esters is 1. The van der Waals surface area contributed by atoms with Crippen molar-refractivity contribution in [2.24, 2.45) is 5.73 Å². The monoisotopic (exact) mass is 263 g/mol. The number of aliphatic carboxylic acids is 1. The molecule has 0 rings (SSSR count). The molecule has 0 spiro atoms. The molecule has 106 valence electrons. The molecule has 1 unspecified atom stereocenters. The Hall–Kier alpha value is -1.18. The van der Waals surface area contributed by atoms with E-state index in [1.54, 1.807) is 0 Å². The summed E-state index contributed by atoms with van der Waals surface area (Å²) in [7, 11) is 0. The second-order valence-electron chi connectivity index (χ2n) is 3.51. The number of carboxylic acids is 1. The van der Waals surface area contributed by atoms with Gasteiger partial charge in [-0.25, -0.2) is 9.59 Å². The highest BCUT2D eigenvalue weighted by molar-refractivity contribution is 5.97. The molecule has 0 amide bonds. The molecular formula is C11H21NO6. The Morgan fingerprint density at radius 2 is 1.94 bits per heavy atom. The normalized spacial score (nSPS) is 12.1. The predicted octanol–water partition coefficient (Wildman–Crippen LogP) is -0.225. The van der Waals surface area contributed by atoms with Crippen LogP contribution in [-0.2, 0) is 23.8 Å². The molecule has 0 aliphatic rings. The van der Waals surface area contributed by atoms with E-state index in [1.165, 1.54) is 0 Å². The number of unbranched alkanes of at least 4 members (excludes halogenated alkanes) is 1. The third-order valence-electron chi connectivity index (χ3n) is 1.95. The molecule has 0 aliphatic heterocycles. The van der Waals surface area contributed by atoms with E-state index < -0.39 is 18.0 Å². The molecule has 0 bridgehead atoms. The number of hydrogen-bond donors (Lipinski definition) is 2. The molecule has 3 N–H and O–H groups in total. The minimum atomic E-state index is -1.59. The standard InChI is InChI=1S/C11H21NO6/c1-2-3-5-18-11(15)9(10(13)14)17-8-7-16-6-4-12/h9H,2-8,12H2,1H3,(H,13,14). The second-order valence-corrected chi connectivity index (χ2v) is 3.51. The van der Waals surface area contributed by atoms with Crippen LogP contribution >= 0.6 is 0 Å². The summed E-state index contributed by atoms with van der Waals surface area (Å²) < 4.78 is 14.7. The zero-order valence-electron chi connectivity index (χ0n) is 10.6. The lowest BCUT2D eigenvalue weighted by molar-refractivity contribution is -0.170. The van der Waals surface area contributed by atoms with Crippen molar-refractivity contribution in [3.63, 3.8) is 0 Å². The third-order valence-corrected chi connectivity index (χ3v) is 1.95. The molecule has 0 aliphatic carbocycles. The van der Waals surface area contributed by atoms with Gasteiger partial charge in [0.05, 0.1) is 26.4 Å². The van der Waals surface area contributed by atoms with Gasteiger partial charge >= 0.3 is 11.9 Å². The molecule has 7 heteroatoms. The van der Waals surface area contributed by atoms with Crippen LogP contribution in [0.3, 0.4) is 0 Å². The van der Waals surface area contributed by atoms with Crippen molar-refractivity contribution in [2.45, 2.75) is 25.9 Å². The number of nitrogens with two attached hydrogens (primary N) is 1. The van der Waals surface area contributed by atoms with Crippen molar-refractivity contribution in [3.05, 3.63) is 0 Å². The summed E-state index contributed by atoms with van der Waals surface area (Å²) in [5.41, 5.74) is 5.20. The first-order valence-electron chi connectivity index (χ1n) is 5.92. The molecule has 0 aromatic rings. The largest absolute Gasteiger partial charge is 0.479 e. The Morgan fingerprint density at radius 3 is 2.50 bits per heavy atom. The Kier molecular flexibility index (Phi) is 10.2. The second kappa shape index (κ2) is 10.9. The molecule has 0 fully saturated rings. The highest BCUT2D eigenvalue weighted by Gasteiger charge is 2.28. The molecule has 0 saturated carbocycles. The van der Waals surface area contributed by atoms with Gasteiger partial charge in [0.25, 0.3) is 6.10 Å². The number of rotatable bonds is 11. The van der Waals surface area contributed by atoms with Crippen molar-refractivity contribution in [1.29, 1.82) is 0 Å². The van der Waals surface area contributed by atoms with Crippen LogP contribution < -0.4 is 5.73 Å². The fourth-order valence-electron chi connectivity index (χ4n) is 1.04. The predicted molar refractivity (Wildman–Crippen MR) is 63.1 cm³/mol. The quantitative estimate of drug-likeness (QED) is 0.301. The van der Waals surface area contributed by atoms with Crippen LogP contribution in [0.2, 0.25) is 0 Å². The number of hydrogen-bond acceptors (Lipinski definition) is 6. The zero-order valence-corrected chi connectivity index (χ0v) is 10.6. The number of carboxylic acid groups (broad SMARTS) is 1. The Labute approximate surface area is 106 Å². The summed E-state index contributed by atoms with van der Waals surface area (Å²) in [5, 5.41) is 8.82. The summed E-state index contributed by atoms with van der Waals surface area (Å²) in [5.74, 6) is -2.25.